The van der Waals surface area contributed by atoms with Crippen LogP contribution in [0.1, 0.15) is 18.5 Å². The molecule has 0 aliphatic carbocycles. The zero-order valence-corrected chi connectivity index (χ0v) is 15.1. The second kappa shape index (κ2) is 8.18. The maximum absolute atomic E-state index is 12.1. The van der Waals surface area contributed by atoms with Crippen LogP contribution in [0.25, 0.3) is 11.5 Å². The number of benzene rings is 2. The molecule has 3 aromatic rings. The number of nitrogens with one attached hydrogen (secondary N) is 1. The summed E-state index contributed by atoms with van der Waals surface area (Å²) < 4.78 is 5.57. The van der Waals surface area contributed by atoms with E-state index in [4.69, 9.17) is 16.0 Å². The zero-order chi connectivity index (χ0) is 17.6. The number of thioether (sulfide) groups is 1. The molecule has 0 radical (unpaired) electrons. The lowest BCUT2D eigenvalue weighted by molar-refractivity contribution is -0.119. The van der Waals surface area contributed by atoms with Crippen LogP contribution in [0.5, 0.6) is 0 Å². The van der Waals surface area contributed by atoms with Crippen LogP contribution < -0.4 is 5.32 Å². The normalized spacial score (nSPS) is 11.9. The highest BCUT2D eigenvalue weighted by molar-refractivity contribution is 7.99. The van der Waals surface area contributed by atoms with Crippen molar-refractivity contribution in [2.24, 2.45) is 0 Å². The third-order valence-electron chi connectivity index (χ3n) is 3.51. The van der Waals surface area contributed by atoms with Crippen molar-refractivity contribution in [3.8, 4) is 11.5 Å². The number of rotatable bonds is 6. The molecule has 0 aliphatic heterocycles. The van der Waals surface area contributed by atoms with Crippen LogP contribution in [0.2, 0.25) is 5.02 Å². The fourth-order valence-electron chi connectivity index (χ4n) is 2.25. The van der Waals surface area contributed by atoms with Crippen LogP contribution >= 0.6 is 23.4 Å². The van der Waals surface area contributed by atoms with Crippen LogP contribution in [-0.4, -0.2) is 21.9 Å². The SMILES string of the molecule is C[C@H](NC(=O)CSc1nnc(-c2ccccc2Cl)o1)c1ccccc1. The number of carbonyl (C=O) groups is 1. The van der Waals surface area contributed by atoms with Gasteiger partial charge < -0.3 is 9.73 Å². The van der Waals surface area contributed by atoms with Crippen molar-refractivity contribution >= 4 is 29.3 Å². The summed E-state index contributed by atoms with van der Waals surface area (Å²) in [5.74, 6) is 0.437. The van der Waals surface area contributed by atoms with Crippen LogP contribution in [-0.2, 0) is 4.79 Å². The first-order chi connectivity index (χ1) is 12.1. The van der Waals surface area contributed by atoms with Crippen molar-refractivity contribution in [2.45, 2.75) is 18.2 Å². The molecule has 0 saturated carbocycles. The Morgan fingerprint density at radius 3 is 2.64 bits per heavy atom. The molecule has 1 N–H and O–H groups in total. The highest BCUT2D eigenvalue weighted by Crippen LogP contribution is 2.28. The van der Waals surface area contributed by atoms with Gasteiger partial charge in [-0.3, -0.25) is 4.79 Å². The van der Waals surface area contributed by atoms with E-state index in [1.165, 1.54) is 11.8 Å². The molecule has 0 bridgehead atoms. The van der Waals surface area contributed by atoms with Gasteiger partial charge in [-0.25, -0.2) is 0 Å². The van der Waals surface area contributed by atoms with Crippen molar-refractivity contribution in [3.05, 3.63) is 65.2 Å². The first-order valence-electron chi connectivity index (χ1n) is 7.69. The molecule has 1 amide bonds. The van der Waals surface area contributed by atoms with E-state index >= 15 is 0 Å². The van der Waals surface area contributed by atoms with E-state index in [9.17, 15) is 4.79 Å². The summed E-state index contributed by atoms with van der Waals surface area (Å²) in [5, 5.41) is 11.7. The summed E-state index contributed by atoms with van der Waals surface area (Å²) in [6.45, 7) is 1.94. The molecule has 1 heterocycles. The van der Waals surface area contributed by atoms with Crippen molar-refractivity contribution in [3.63, 3.8) is 0 Å². The largest absolute Gasteiger partial charge is 0.411 e. The molecule has 7 heteroatoms. The third-order valence-corrected chi connectivity index (χ3v) is 4.66. The van der Waals surface area contributed by atoms with E-state index in [2.05, 4.69) is 15.5 Å². The number of hydrogen-bond donors (Lipinski definition) is 1. The number of amides is 1. The summed E-state index contributed by atoms with van der Waals surface area (Å²) in [4.78, 5) is 12.1. The number of aromatic nitrogens is 2. The highest BCUT2D eigenvalue weighted by Gasteiger charge is 2.14. The van der Waals surface area contributed by atoms with Crippen molar-refractivity contribution in [1.82, 2.24) is 15.5 Å². The molecule has 25 heavy (non-hydrogen) atoms. The van der Waals surface area contributed by atoms with Crippen LogP contribution in [0.3, 0.4) is 0 Å². The van der Waals surface area contributed by atoms with E-state index in [0.29, 0.717) is 21.7 Å². The van der Waals surface area contributed by atoms with Gasteiger partial charge in [0.2, 0.25) is 11.8 Å². The van der Waals surface area contributed by atoms with Gasteiger partial charge in [0.25, 0.3) is 5.22 Å². The Morgan fingerprint density at radius 2 is 1.88 bits per heavy atom. The molecular weight excluding hydrogens is 358 g/mol. The summed E-state index contributed by atoms with van der Waals surface area (Å²) in [5.41, 5.74) is 1.73. The van der Waals surface area contributed by atoms with Crippen molar-refractivity contribution in [1.29, 1.82) is 0 Å². The Balaban J connectivity index is 1.55. The Hall–Kier alpha value is -2.31. The van der Waals surface area contributed by atoms with Crippen LogP contribution in [0, 0.1) is 0 Å². The highest BCUT2D eigenvalue weighted by atomic mass is 35.5. The van der Waals surface area contributed by atoms with Gasteiger partial charge in [-0.15, -0.1) is 10.2 Å². The van der Waals surface area contributed by atoms with Gasteiger partial charge in [0, 0.05) is 0 Å². The fraction of sp³-hybridized carbons (Fsp3) is 0.167. The van der Waals surface area contributed by atoms with Crippen LogP contribution in [0.4, 0.5) is 0 Å². The summed E-state index contributed by atoms with van der Waals surface area (Å²) in [7, 11) is 0. The lowest BCUT2D eigenvalue weighted by Crippen LogP contribution is -2.28. The smallest absolute Gasteiger partial charge is 0.277 e. The predicted molar refractivity (Wildman–Crippen MR) is 98.5 cm³/mol. The number of hydrogen-bond acceptors (Lipinski definition) is 5. The van der Waals surface area contributed by atoms with Gasteiger partial charge in [0.15, 0.2) is 0 Å². The Morgan fingerprint density at radius 1 is 1.16 bits per heavy atom. The minimum Gasteiger partial charge on any atom is -0.411 e. The monoisotopic (exact) mass is 373 g/mol. The standard InChI is InChI=1S/C18H16ClN3O2S/c1-12(13-7-3-2-4-8-13)20-16(23)11-25-18-22-21-17(24-18)14-9-5-6-10-15(14)19/h2-10,12H,11H2,1H3,(H,20,23)/t12-/m0/s1. The molecule has 0 fully saturated rings. The molecule has 1 atom stereocenters. The van der Waals surface area contributed by atoms with Gasteiger partial charge in [-0.2, -0.15) is 0 Å². The van der Waals surface area contributed by atoms with Gasteiger partial charge >= 0.3 is 0 Å². The maximum Gasteiger partial charge on any atom is 0.277 e. The quantitative estimate of drug-likeness (QED) is 0.650. The molecule has 0 unspecified atom stereocenters. The molecule has 3 rings (SSSR count). The number of halogens is 1. The molecule has 128 valence electrons. The second-order valence-corrected chi connectivity index (χ2v) is 6.68. The van der Waals surface area contributed by atoms with E-state index < -0.39 is 0 Å². The average molecular weight is 374 g/mol. The Kier molecular flexibility index (Phi) is 5.73. The first-order valence-corrected chi connectivity index (χ1v) is 9.05. The molecule has 0 saturated heterocycles. The molecule has 5 nitrogen and oxygen atoms in total. The van der Waals surface area contributed by atoms with Gasteiger partial charge in [-0.05, 0) is 24.6 Å². The third kappa shape index (κ3) is 4.61. The predicted octanol–water partition coefficient (Wildman–Crippen LogP) is 4.36. The van der Waals surface area contributed by atoms with E-state index in [-0.39, 0.29) is 17.7 Å². The molecule has 2 aromatic carbocycles. The van der Waals surface area contributed by atoms with E-state index in [1.807, 2.05) is 49.4 Å². The topological polar surface area (TPSA) is 68.0 Å². The molecule has 0 aliphatic rings. The molecular formula is C18H16ClN3O2S. The Labute approximate surface area is 154 Å². The lowest BCUT2D eigenvalue weighted by atomic mass is 10.1. The van der Waals surface area contributed by atoms with Crippen LogP contribution in [0.15, 0.2) is 64.2 Å². The summed E-state index contributed by atoms with van der Waals surface area (Å²) in [6, 6.07) is 17.0. The molecule has 0 spiro atoms. The van der Waals surface area contributed by atoms with Gasteiger partial charge in [0.1, 0.15) is 0 Å². The first kappa shape index (κ1) is 17.5. The lowest BCUT2D eigenvalue weighted by Gasteiger charge is -2.13. The minimum atomic E-state index is -0.0983. The fourth-order valence-corrected chi connectivity index (χ4v) is 3.04. The summed E-state index contributed by atoms with van der Waals surface area (Å²) in [6.07, 6.45) is 0. The minimum absolute atomic E-state index is 0.0596. The number of carbonyl (C=O) groups excluding carboxylic acids is 1. The summed E-state index contributed by atoms with van der Waals surface area (Å²) >= 11 is 7.30. The second-order valence-electron chi connectivity index (χ2n) is 5.34. The zero-order valence-electron chi connectivity index (χ0n) is 13.5. The van der Waals surface area contributed by atoms with E-state index in [1.54, 1.807) is 12.1 Å². The van der Waals surface area contributed by atoms with Crippen molar-refractivity contribution < 1.29 is 9.21 Å². The average Bonchev–Trinajstić information content (AvgIpc) is 3.10. The Bertz CT molecular complexity index is 854. The molecule has 1 aromatic heterocycles. The van der Waals surface area contributed by atoms with E-state index in [0.717, 1.165) is 5.56 Å². The van der Waals surface area contributed by atoms with Gasteiger partial charge in [-0.1, -0.05) is 65.8 Å². The maximum atomic E-state index is 12.1. The van der Waals surface area contributed by atoms with Crippen molar-refractivity contribution in [2.75, 3.05) is 5.75 Å². The number of nitrogens with zero attached hydrogens (tertiary/aromatic N) is 2. The van der Waals surface area contributed by atoms with Gasteiger partial charge in [0.05, 0.1) is 22.4 Å².